The summed E-state index contributed by atoms with van der Waals surface area (Å²) in [6.45, 7) is 1.14. The number of ether oxygens (including phenoxy) is 1. The Bertz CT molecular complexity index is 1070. The van der Waals surface area contributed by atoms with Gasteiger partial charge in [-0.05, 0) is 29.3 Å². The van der Waals surface area contributed by atoms with Crippen LogP contribution in [0.25, 0.3) is 11.1 Å². The van der Waals surface area contributed by atoms with Crippen LogP contribution in [0, 0.1) is 0 Å². The van der Waals surface area contributed by atoms with E-state index >= 15 is 0 Å². The smallest absolute Gasteiger partial charge is 0.454 e. The van der Waals surface area contributed by atoms with E-state index in [2.05, 4.69) is 9.97 Å². The van der Waals surface area contributed by atoms with E-state index in [0.29, 0.717) is 48.0 Å². The molecule has 9 heteroatoms. The molecule has 0 fully saturated rings. The number of benzene rings is 2. The zero-order valence-electron chi connectivity index (χ0n) is 16.2. The summed E-state index contributed by atoms with van der Waals surface area (Å²) in [4.78, 5) is 21.5. The van der Waals surface area contributed by atoms with Gasteiger partial charge in [0.1, 0.15) is 24.4 Å². The van der Waals surface area contributed by atoms with E-state index in [-0.39, 0.29) is 0 Å². The standard InChI is InChI=1S/C22H18F3N3O3/c23-22(24,25)20(29)15-4-2-14(3-5-15)16-6-7-18-17(12-16)21(30)28(10-11-31-18)13-19-26-8-1-9-27-19/h1-9,12,21,30H,10-11,13H2. The average molecular weight is 429 g/mol. The first-order valence-electron chi connectivity index (χ1n) is 9.49. The molecule has 1 aliphatic rings. The van der Waals surface area contributed by atoms with Crippen molar-refractivity contribution in [1.29, 1.82) is 0 Å². The van der Waals surface area contributed by atoms with Crippen LogP contribution in [-0.4, -0.2) is 45.1 Å². The summed E-state index contributed by atoms with van der Waals surface area (Å²) in [5, 5.41) is 11.0. The Morgan fingerprint density at radius 3 is 2.45 bits per heavy atom. The van der Waals surface area contributed by atoms with Crippen LogP contribution < -0.4 is 4.74 Å². The maximum Gasteiger partial charge on any atom is 0.454 e. The van der Waals surface area contributed by atoms with Crippen LogP contribution in [0.3, 0.4) is 0 Å². The molecule has 31 heavy (non-hydrogen) atoms. The fraction of sp³-hybridized carbons (Fsp3) is 0.227. The number of Topliss-reactive ketones (excluding diaryl/α,β-unsaturated/α-hetero) is 1. The lowest BCUT2D eigenvalue weighted by Gasteiger charge is -2.24. The highest BCUT2D eigenvalue weighted by atomic mass is 19.4. The van der Waals surface area contributed by atoms with Crippen molar-refractivity contribution in [1.82, 2.24) is 14.9 Å². The number of fused-ring (bicyclic) bond motifs is 1. The van der Waals surface area contributed by atoms with E-state index in [1.807, 2.05) is 0 Å². The summed E-state index contributed by atoms with van der Waals surface area (Å²) in [6.07, 6.45) is -2.64. The zero-order valence-corrected chi connectivity index (χ0v) is 16.2. The first kappa shape index (κ1) is 21.0. The van der Waals surface area contributed by atoms with E-state index in [1.165, 1.54) is 12.1 Å². The Morgan fingerprint density at radius 1 is 1.10 bits per heavy atom. The lowest BCUT2D eigenvalue weighted by molar-refractivity contribution is -0.0885. The lowest BCUT2D eigenvalue weighted by atomic mass is 9.99. The van der Waals surface area contributed by atoms with E-state index in [1.54, 1.807) is 41.6 Å². The van der Waals surface area contributed by atoms with Crippen molar-refractivity contribution in [3.63, 3.8) is 0 Å². The minimum atomic E-state index is -4.92. The summed E-state index contributed by atoms with van der Waals surface area (Å²) >= 11 is 0. The van der Waals surface area contributed by atoms with Crippen molar-refractivity contribution in [2.45, 2.75) is 18.9 Å². The van der Waals surface area contributed by atoms with Gasteiger partial charge >= 0.3 is 6.18 Å². The van der Waals surface area contributed by atoms with Gasteiger partial charge in [0.25, 0.3) is 5.78 Å². The van der Waals surface area contributed by atoms with Crippen LogP contribution in [0.15, 0.2) is 60.9 Å². The minimum Gasteiger partial charge on any atom is -0.492 e. The van der Waals surface area contributed by atoms with Crippen LogP contribution in [0.5, 0.6) is 5.75 Å². The van der Waals surface area contributed by atoms with Crippen molar-refractivity contribution in [3.05, 3.63) is 77.9 Å². The Labute approximate surface area is 175 Å². The quantitative estimate of drug-likeness (QED) is 0.637. The van der Waals surface area contributed by atoms with Crippen molar-refractivity contribution in [2.75, 3.05) is 13.2 Å². The number of rotatable bonds is 4. The Kier molecular flexibility index (Phi) is 5.71. The van der Waals surface area contributed by atoms with E-state index in [4.69, 9.17) is 4.74 Å². The van der Waals surface area contributed by atoms with E-state index in [0.717, 1.165) is 12.1 Å². The van der Waals surface area contributed by atoms with E-state index < -0.39 is 23.8 Å². The largest absolute Gasteiger partial charge is 0.492 e. The van der Waals surface area contributed by atoms with E-state index in [9.17, 15) is 23.1 Å². The van der Waals surface area contributed by atoms with Crippen LogP contribution in [0.1, 0.15) is 28.0 Å². The van der Waals surface area contributed by atoms with Gasteiger partial charge in [0, 0.05) is 30.1 Å². The van der Waals surface area contributed by atoms with Gasteiger partial charge in [-0.25, -0.2) is 9.97 Å². The van der Waals surface area contributed by atoms with Gasteiger partial charge in [0.15, 0.2) is 0 Å². The number of halogens is 3. The van der Waals surface area contributed by atoms with Crippen molar-refractivity contribution in [2.24, 2.45) is 0 Å². The van der Waals surface area contributed by atoms with Gasteiger partial charge < -0.3 is 9.84 Å². The van der Waals surface area contributed by atoms with Crippen LogP contribution >= 0.6 is 0 Å². The molecule has 0 saturated heterocycles. The predicted molar refractivity (Wildman–Crippen MR) is 105 cm³/mol. The van der Waals surface area contributed by atoms with Crippen molar-refractivity contribution < 1.29 is 27.8 Å². The molecule has 1 aliphatic heterocycles. The molecule has 0 saturated carbocycles. The molecule has 4 rings (SSSR count). The molecule has 1 aromatic heterocycles. The average Bonchev–Trinajstić information content (AvgIpc) is 2.92. The second-order valence-corrected chi connectivity index (χ2v) is 7.01. The summed E-state index contributed by atoms with van der Waals surface area (Å²) in [7, 11) is 0. The fourth-order valence-corrected chi connectivity index (χ4v) is 3.39. The summed E-state index contributed by atoms with van der Waals surface area (Å²) < 4.78 is 43.6. The molecular formula is C22H18F3N3O3. The van der Waals surface area contributed by atoms with Crippen molar-refractivity contribution >= 4 is 5.78 Å². The number of alkyl halides is 3. The highest BCUT2D eigenvalue weighted by molar-refractivity contribution is 6.00. The zero-order chi connectivity index (χ0) is 22.0. The minimum absolute atomic E-state index is 0.323. The highest BCUT2D eigenvalue weighted by Gasteiger charge is 2.39. The highest BCUT2D eigenvalue weighted by Crippen LogP contribution is 2.35. The molecule has 0 radical (unpaired) electrons. The second-order valence-electron chi connectivity index (χ2n) is 7.01. The number of aliphatic hydroxyl groups is 1. The third-order valence-electron chi connectivity index (χ3n) is 4.97. The van der Waals surface area contributed by atoms with Gasteiger partial charge in [-0.3, -0.25) is 9.69 Å². The number of carbonyl (C=O) groups excluding carboxylic acids is 1. The topological polar surface area (TPSA) is 75.5 Å². The maximum absolute atomic E-state index is 12.6. The molecule has 6 nitrogen and oxygen atoms in total. The SMILES string of the molecule is O=C(c1ccc(-c2ccc3c(c2)C(O)N(Cc2ncccn2)CCO3)cc1)C(F)(F)F. The van der Waals surface area contributed by atoms with Crippen molar-refractivity contribution in [3.8, 4) is 16.9 Å². The summed E-state index contributed by atoms with van der Waals surface area (Å²) in [6, 6.07) is 12.1. The molecule has 1 unspecified atom stereocenters. The molecule has 1 N–H and O–H groups in total. The molecule has 1 atom stereocenters. The van der Waals surface area contributed by atoms with Gasteiger partial charge in [0.2, 0.25) is 0 Å². The molecule has 3 aromatic rings. The van der Waals surface area contributed by atoms with Gasteiger partial charge in [0.05, 0.1) is 6.54 Å². The molecule has 2 aromatic carbocycles. The Morgan fingerprint density at radius 2 is 1.77 bits per heavy atom. The molecule has 0 amide bonds. The number of aliphatic hydroxyl groups excluding tert-OH is 1. The number of ketones is 1. The first-order valence-corrected chi connectivity index (χ1v) is 9.49. The maximum atomic E-state index is 12.6. The third-order valence-corrected chi connectivity index (χ3v) is 4.97. The Hall–Kier alpha value is -3.30. The molecule has 0 bridgehead atoms. The number of nitrogens with zero attached hydrogens (tertiary/aromatic N) is 3. The third kappa shape index (κ3) is 4.57. The monoisotopic (exact) mass is 429 g/mol. The fourth-order valence-electron chi connectivity index (χ4n) is 3.39. The molecular weight excluding hydrogens is 411 g/mol. The number of hydrogen-bond acceptors (Lipinski definition) is 6. The van der Waals surface area contributed by atoms with Gasteiger partial charge in [-0.1, -0.05) is 30.3 Å². The normalized spacial score (nSPS) is 16.8. The van der Waals surface area contributed by atoms with Gasteiger partial charge in [-0.2, -0.15) is 13.2 Å². The van der Waals surface area contributed by atoms with Crippen LogP contribution in [0.4, 0.5) is 13.2 Å². The first-order chi connectivity index (χ1) is 14.8. The van der Waals surface area contributed by atoms with Crippen LogP contribution in [0.2, 0.25) is 0 Å². The Balaban J connectivity index is 1.60. The molecule has 0 aliphatic carbocycles. The summed E-state index contributed by atoms with van der Waals surface area (Å²) in [5.41, 5.74) is 1.38. The number of carbonyl (C=O) groups is 1. The van der Waals surface area contributed by atoms with Gasteiger partial charge in [-0.15, -0.1) is 0 Å². The number of aromatic nitrogens is 2. The molecule has 0 spiro atoms. The second kappa shape index (κ2) is 8.44. The molecule has 160 valence electrons. The molecule has 2 heterocycles. The van der Waals surface area contributed by atoms with Crippen LogP contribution in [-0.2, 0) is 6.54 Å². The summed E-state index contributed by atoms with van der Waals surface area (Å²) in [5.74, 6) is -0.800. The predicted octanol–water partition coefficient (Wildman–Crippen LogP) is 3.77. The lowest BCUT2D eigenvalue weighted by Crippen LogP contribution is -2.30. The number of hydrogen-bond donors (Lipinski definition) is 1.